The second-order valence-corrected chi connectivity index (χ2v) is 6.99. The van der Waals surface area contributed by atoms with Crippen molar-refractivity contribution in [1.29, 1.82) is 0 Å². The summed E-state index contributed by atoms with van der Waals surface area (Å²) >= 11 is 0. The summed E-state index contributed by atoms with van der Waals surface area (Å²) in [7, 11) is 0. The molecule has 2 aromatic rings. The largest absolute Gasteiger partial charge is 0.378 e. The van der Waals surface area contributed by atoms with Crippen LogP contribution in [0.4, 0.5) is 17.6 Å². The summed E-state index contributed by atoms with van der Waals surface area (Å²) in [6.45, 7) is 7.21. The first-order valence-electron chi connectivity index (χ1n) is 9.80. The van der Waals surface area contributed by atoms with Gasteiger partial charge in [-0.05, 0) is 25.3 Å². The van der Waals surface area contributed by atoms with Crippen molar-refractivity contribution in [3.63, 3.8) is 0 Å². The van der Waals surface area contributed by atoms with Crippen molar-refractivity contribution in [3.05, 3.63) is 30.4 Å². The van der Waals surface area contributed by atoms with Gasteiger partial charge in [-0.1, -0.05) is 6.92 Å². The zero-order valence-corrected chi connectivity index (χ0v) is 15.8. The van der Waals surface area contributed by atoms with Crippen molar-refractivity contribution in [2.75, 3.05) is 54.5 Å². The fourth-order valence-corrected chi connectivity index (χ4v) is 3.61. The molecule has 0 bridgehead atoms. The Bertz CT molecular complexity index is 750. The molecule has 27 heavy (non-hydrogen) atoms. The number of ether oxygens (including phenoxy) is 1. The minimum absolute atomic E-state index is 0.339. The van der Waals surface area contributed by atoms with Gasteiger partial charge in [-0.25, -0.2) is 15.0 Å². The molecule has 4 rings (SSSR count). The molecule has 144 valence electrons. The van der Waals surface area contributed by atoms with Crippen LogP contribution in [0.2, 0.25) is 0 Å². The number of anilines is 3. The van der Waals surface area contributed by atoms with Crippen molar-refractivity contribution in [2.45, 2.75) is 32.2 Å². The number of nitrogens with one attached hydrogen (secondary N) is 1. The highest BCUT2D eigenvalue weighted by atomic mass is 16.5. The molecule has 2 aromatic heterocycles. The van der Waals surface area contributed by atoms with E-state index in [1.54, 1.807) is 6.33 Å². The molecule has 0 aromatic carbocycles. The van der Waals surface area contributed by atoms with Crippen molar-refractivity contribution < 1.29 is 4.74 Å². The van der Waals surface area contributed by atoms with Gasteiger partial charge in [-0.3, -0.25) is 0 Å². The molecule has 8 nitrogen and oxygen atoms in total. The number of hydrogen-bond donors (Lipinski definition) is 1. The molecule has 1 N–H and O–H groups in total. The van der Waals surface area contributed by atoms with E-state index in [0.717, 1.165) is 81.9 Å². The Morgan fingerprint density at radius 1 is 1.15 bits per heavy atom. The van der Waals surface area contributed by atoms with E-state index in [-0.39, 0.29) is 0 Å². The minimum Gasteiger partial charge on any atom is -0.378 e. The summed E-state index contributed by atoms with van der Waals surface area (Å²) in [4.78, 5) is 22.4. The van der Waals surface area contributed by atoms with Crippen molar-refractivity contribution in [1.82, 2.24) is 19.9 Å². The third-order valence-electron chi connectivity index (χ3n) is 5.11. The molecule has 2 fully saturated rings. The molecule has 0 aliphatic carbocycles. The van der Waals surface area contributed by atoms with Gasteiger partial charge in [0.25, 0.3) is 0 Å². The molecule has 0 spiro atoms. The van der Waals surface area contributed by atoms with Crippen molar-refractivity contribution in [2.24, 2.45) is 0 Å². The van der Waals surface area contributed by atoms with Gasteiger partial charge in [-0.15, -0.1) is 0 Å². The maximum atomic E-state index is 5.41. The summed E-state index contributed by atoms with van der Waals surface area (Å²) in [6.07, 6.45) is 6.68. The van der Waals surface area contributed by atoms with Crippen LogP contribution in [-0.4, -0.2) is 65.4 Å². The highest BCUT2D eigenvalue weighted by Crippen LogP contribution is 2.21. The molecular formula is C19H27N7O. The van der Waals surface area contributed by atoms with E-state index < -0.39 is 0 Å². The van der Waals surface area contributed by atoms with Gasteiger partial charge in [0.05, 0.1) is 13.2 Å². The van der Waals surface area contributed by atoms with Crippen LogP contribution in [0, 0.1) is 0 Å². The van der Waals surface area contributed by atoms with Crippen LogP contribution in [0.5, 0.6) is 0 Å². The number of piperidine rings is 1. The smallest absolute Gasteiger partial charge is 0.227 e. The summed E-state index contributed by atoms with van der Waals surface area (Å²) in [5.41, 5.74) is 1.08. The van der Waals surface area contributed by atoms with E-state index in [1.165, 1.54) is 0 Å². The quantitative estimate of drug-likeness (QED) is 0.854. The molecule has 2 aliphatic rings. The summed E-state index contributed by atoms with van der Waals surface area (Å²) in [5, 5.41) is 3.59. The van der Waals surface area contributed by atoms with E-state index in [2.05, 4.69) is 43.1 Å². The number of rotatable bonds is 5. The number of morpholine rings is 1. The summed E-state index contributed by atoms with van der Waals surface area (Å²) in [6, 6.07) is 4.39. The minimum atomic E-state index is 0.339. The Balaban J connectivity index is 1.41. The van der Waals surface area contributed by atoms with Crippen LogP contribution in [0.15, 0.2) is 24.7 Å². The second-order valence-electron chi connectivity index (χ2n) is 6.99. The molecule has 8 heteroatoms. The number of nitrogens with zero attached hydrogens (tertiary/aromatic N) is 6. The van der Waals surface area contributed by atoms with E-state index in [9.17, 15) is 0 Å². The molecule has 0 radical (unpaired) electrons. The zero-order chi connectivity index (χ0) is 18.5. The van der Waals surface area contributed by atoms with E-state index in [4.69, 9.17) is 9.72 Å². The maximum Gasteiger partial charge on any atom is 0.227 e. The van der Waals surface area contributed by atoms with Gasteiger partial charge < -0.3 is 19.9 Å². The standard InChI is InChI=1S/C19H27N7O/c1-2-15-12-18(22-14-21-15)26-7-3-4-16(13-26)23-17-5-6-20-19(24-17)25-8-10-27-11-9-25/h5-6,12,14,16H,2-4,7-11,13H2,1H3,(H,20,23,24). The first-order valence-corrected chi connectivity index (χ1v) is 9.80. The van der Waals surface area contributed by atoms with Gasteiger partial charge in [0.2, 0.25) is 5.95 Å². The fourth-order valence-electron chi connectivity index (χ4n) is 3.61. The Morgan fingerprint density at radius 2 is 2.04 bits per heavy atom. The third kappa shape index (κ3) is 4.44. The number of aryl methyl sites for hydroxylation is 1. The van der Waals surface area contributed by atoms with Crippen LogP contribution >= 0.6 is 0 Å². The first-order chi connectivity index (χ1) is 13.3. The van der Waals surface area contributed by atoms with E-state index in [0.29, 0.717) is 6.04 Å². The number of aromatic nitrogens is 4. The molecular weight excluding hydrogens is 342 g/mol. The monoisotopic (exact) mass is 369 g/mol. The fraction of sp³-hybridized carbons (Fsp3) is 0.579. The van der Waals surface area contributed by atoms with Crippen LogP contribution < -0.4 is 15.1 Å². The highest BCUT2D eigenvalue weighted by Gasteiger charge is 2.22. The maximum absolute atomic E-state index is 5.41. The lowest BCUT2D eigenvalue weighted by atomic mass is 10.1. The highest BCUT2D eigenvalue weighted by molar-refractivity contribution is 5.44. The Morgan fingerprint density at radius 3 is 2.89 bits per heavy atom. The normalized spacial score (nSPS) is 20.6. The van der Waals surface area contributed by atoms with Crippen LogP contribution in [0.1, 0.15) is 25.5 Å². The van der Waals surface area contributed by atoms with Gasteiger partial charge >= 0.3 is 0 Å². The first kappa shape index (κ1) is 17.9. The molecule has 1 unspecified atom stereocenters. The van der Waals surface area contributed by atoms with Gasteiger partial charge in [0.1, 0.15) is 18.0 Å². The lowest BCUT2D eigenvalue weighted by Crippen LogP contribution is -2.43. The van der Waals surface area contributed by atoms with Crippen LogP contribution in [0.3, 0.4) is 0 Å². The van der Waals surface area contributed by atoms with Crippen LogP contribution in [-0.2, 0) is 11.2 Å². The molecule has 2 saturated heterocycles. The van der Waals surface area contributed by atoms with E-state index >= 15 is 0 Å². The SMILES string of the molecule is CCc1cc(N2CCCC(Nc3ccnc(N4CCOCC4)n3)C2)ncn1. The Labute approximate surface area is 160 Å². The predicted molar refractivity (Wildman–Crippen MR) is 105 cm³/mol. The van der Waals surface area contributed by atoms with Crippen LogP contribution in [0.25, 0.3) is 0 Å². The Kier molecular flexibility index (Phi) is 5.62. The topological polar surface area (TPSA) is 79.3 Å². The summed E-state index contributed by atoms with van der Waals surface area (Å²) in [5.74, 6) is 2.68. The zero-order valence-electron chi connectivity index (χ0n) is 15.8. The molecule has 1 atom stereocenters. The predicted octanol–water partition coefficient (Wildman–Crippen LogP) is 1.75. The second kappa shape index (κ2) is 8.47. The molecule has 0 amide bonds. The van der Waals surface area contributed by atoms with Gasteiger partial charge in [-0.2, -0.15) is 4.98 Å². The van der Waals surface area contributed by atoms with Gasteiger partial charge in [0, 0.05) is 50.2 Å². The molecule has 4 heterocycles. The summed E-state index contributed by atoms with van der Waals surface area (Å²) < 4.78 is 5.41. The van der Waals surface area contributed by atoms with Gasteiger partial charge in [0.15, 0.2) is 0 Å². The molecule has 0 saturated carbocycles. The molecule has 2 aliphatic heterocycles. The average Bonchev–Trinajstić information content (AvgIpc) is 2.75. The lowest BCUT2D eigenvalue weighted by Gasteiger charge is -2.34. The lowest BCUT2D eigenvalue weighted by molar-refractivity contribution is 0.122. The number of hydrogen-bond acceptors (Lipinski definition) is 8. The van der Waals surface area contributed by atoms with Crippen molar-refractivity contribution in [3.8, 4) is 0 Å². The van der Waals surface area contributed by atoms with Crippen molar-refractivity contribution >= 4 is 17.6 Å². The Hall–Kier alpha value is -2.48. The average molecular weight is 369 g/mol. The van der Waals surface area contributed by atoms with E-state index in [1.807, 2.05) is 12.3 Å². The third-order valence-corrected chi connectivity index (χ3v) is 5.11.